The van der Waals surface area contributed by atoms with Gasteiger partial charge in [-0.2, -0.15) is 9.98 Å². The van der Waals surface area contributed by atoms with Crippen molar-refractivity contribution in [3.05, 3.63) is 36.7 Å². The molecule has 0 radical (unpaired) electrons. The summed E-state index contributed by atoms with van der Waals surface area (Å²) >= 11 is 14.5. The van der Waals surface area contributed by atoms with Gasteiger partial charge in [0.1, 0.15) is 9.83 Å². The summed E-state index contributed by atoms with van der Waals surface area (Å²) in [6, 6.07) is 3.69. The summed E-state index contributed by atoms with van der Waals surface area (Å²) in [6.45, 7) is 12.8. The minimum Gasteiger partial charge on any atom is -0.465 e. The van der Waals surface area contributed by atoms with Gasteiger partial charge in [0, 0.05) is 13.1 Å². The second kappa shape index (κ2) is 18.2. The first-order valence-electron chi connectivity index (χ1n) is 13.5. The third-order valence-electron chi connectivity index (χ3n) is 4.98. The van der Waals surface area contributed by atoms with Gasteiger partial charge in [0.2, 0.25) is 0 Å². The van der Waals surface area contributed by atoms with Crippen molar-refractivity contribution in [1.29, 1.82) is 0 Å². The van der Waals surface area contributed by atoms with Crippen LogP contribution >= 0.6 is 45.9 Å². The number of halogens is 2. The predicted molar refractivity (Wildman–Crippen MR) is 167 cm³/mol. The van der Waals surface area contributed by atoms with Gasteiger partial charge in [-0.25, -0.2) is 0 Å². The molecule has 3 aromatic rings. The van der Waals surface area contributed by atoms with Gasteiger partial charge >= 0.3 is 12.1 Å². The number of thiophene rings is 2. The van der Waals surface area contributed by atoms with Crippen molar-refractivity contribution in [2.75, 3.05) is 26.4 Å². The summed E-state index contributed by atoms with van der Waals surface area (Å²) in [5.41, 5.74) is 0.372. The molecule has 222 valence electrons. The van der Waals surface area contributed by atoms with Crippen molar-refractivity contribution in [3.63, 3.8) is 0 Å². The Bertz CT molecular complexity index is 1300. The molecule has 1 N–H and O–H groups in total. The third-order valence-corrected chi connectivity index (χ3v) is 7.30. The molecule has 40 heavy (non-hydrogen) atoms. The number of nitrogens with one attached hydrogen (secondary N) is 1. The first-order chi connectivity index (χ1) is 19.3. The van der Waals surface area contributed by atoms with Crippen LogP contribution in [0.15, 0.2) is 21.9 Å². The van der Waals surface area contributed by atoms with Gasteiger partial charge in [-0.3, -0.25) is 14.2 Å². The molecule has 0 aliphatic rings. The number of carbonyl (C=O) groups excluding carboxylic acids is 1. The Labute approximate surface area is 253 Å². The summed E-state index contributed by atoms with van der Waals surface area (Å²) < 4.78 is 19.2. The van der Waals surface area contributed by atoms with Crippen LogP contribution < -0.4 is 15.6 Å². The molecular formula is C27H38Cl2N4O5S2. The van der Waals surface area contributed by atoms with Crippen LogP contribution in [0, 0.1) is 0 Å². The van der Waals surface area contributed by atoms with Crippen LogP contribution in [0.4, 0.5) is 5.00 Å². The van der Waals surface area contributed by atoms with Crippen LogP contribution in [0.3, 0.4) is 0 Å². The van der Waals surface area contributed by atoms with Gasteiger partial charge in [0.05, 0.1) is 39.4 Å². The first kappa shape index (κ1) is 33.9. The van der Waals surface area contributed by atoms with Gasteiger partial charge in [-0.1, -0.05) is 57.8 Å². The van der Waals surface area contributed by atoms with Gasteiger partial charge in [-0.15, -0.1) is 22.7 Å². The predicted octanol–water partition coefficient (Wildman–Crippen LogP) is 7.69. The van der Waals surface area contributed by atoms with E-state index in [1.807, 2.05) is 34.6 Å². The number of fused-ring (bicyclic) bond motifs is 1. The zero-order valence-corrected chi connectivity index (χ0v) is 26.8. The van der Waals surface area contributed by atoms with E-state index in [0.717, 1.165) is 32.1 Å². The van der Waals surface area contributed by atoms with E-state index in [1.54, 1.807) is 16.7 Å². The molecule has 0 aromatic carbocycles. The molecule has 0 aliphatic heterocycles. The third kappa shape index (κ3) is 10.2. The fourth-order valence-electron chi connectivity index (χ4n) is 3.19. The van der Waals surface area contributed by atoms with E-state index in [-0.39, 0.29) is 17.6 Å². The lowest BCUT2D eigenvalue weighted by Gasteiger charge is -2.11. The smallest absolute Gasteiger partial charge is 0.389 e. The van der Waals surface area contributed by atoms with Crippen LogP contribution in [0.1, 0.15) is 77.1 Å². The fraction of sp³-hybridized carbons (Fsp3) is 0.556. The monoisotopic (exact) mass is 632 g/mol. The Morgan fingerprint density at radius 3 is 2.20 bits per heavy atom. The molecule has 0 spiro atoms. The highest BCUT2D eigenvalue weighted by molar-refractivity contribution is 7.22. The maximum atomic E-state index is 12.3. The van der Waals surface area contributed by atoms with Crippen molar-refractivity contribution >= 4 is 73.1 Å². The topological polar surface area (TPSA) is 104 Å². The summed E-state index contributed by atoms with van der Waals surface area (Å²) in [5.74, 6) is -0.186. The lowest BCUT2D eigenvalue weighted by atomic mass is 10.3. The normalized spacial score (nSPS) is 10.6. The maximum Gasteiger partial charge on any atom is 0.389 e. The van der Waals surface area contributed by atoms with E-state index in [1.165, 1.54) is 22.7 Å². The highest BCUT2D eigenvalue weighted by Crippen LogP contribution is 2.34. The van der Waals surface area contributed by atoms with Crippen LogP contribution in [0.5, 0.6) is 6.01 Å². The Balaban J connectivity index is 0.000000285. The number of hydrogen-bond acceptors (Lipinski definition) is 9. The molecule has 3 rings (SSSR count). The summed E-state index contributed by atoms with van der Waals surface area (Å²) in [5, 5.41) is 3.89. The Morgan fingerprint density at radius 1 is 0.950 bits per heavy atom. The molecule has 0 unspecified atom stereocenters. The fourth-order valence-corrected chi connectivity index (χ4v) is 5.33. The number of aliphatic imine (C=N–C) groups is 1. The number of hydrogen-bond donors (Lipinski definition) is 1. The summed E-state index contributed by atoms with van der Waals surface area (Å²) in [6.07, 6.45) is 4.49. The number of carbonyl (C=O) groups is 1. The van der Waals surface area contributed by atoms with Gasteiger partial charge in [0.25, 0.3) is 11.5 Å². The largest absolute Gasteiger partial charge is 0.465 e. The standard InChI is InChI=1S/C15H23ClN2O3S.C12H15ClN2O2S/c1-4-7-17-13(19)11-10-12(16)22-14(11)18-15(20-8-5-2)21-9-6-3;1-3-5-15-11(16)8-7-9(13)18-10(8)14-12(15)17-6-4-2/h10H,4-9H2,1-3H3,(H,17,19);7H,3-6H2,1-2H3. The molecule has 1 amide bonds. The average molecular weight is 634 g/mol. The molecule has 0 bridgehead atoms. The highest BCUT2D eigenvalue weighted by atomic mass is 35.5. The van der Waals surface area contributed by atoms with Crippen molar-refractivity contribution in [2.24, 2.45) is 4.99 Å². The van der Waals surface area contributed by atoms with E-state index in [0.29, 0.717) is 68.4 Å². The van der Waals surface area contributed by atoms with Gasteiger partial charge in [-0.05, 0) is 44.2 Å². The quantitative estimate of drug-likeness (QED) is 0.153. The molecular weight excluding hydrogens is 595 g/mol. The Kier molecular flexibility index (Phi) is 15.4. The van der Waals surface area contributed by atoms with E-state index >= 15 is 0 Å². The molecule has 0 saturated carbocycles. The number of nitrogens with zero attached hydrogens (tertiary/aromatic N) is 3. The molecule has 3 aromatic heterocycles. The van der Waals surface area contributed by atoms with E-state index < -0.39 is 0 Å². The molecule has 0 atom stereocenters. The Hall–Kier alpha value is -2.34. The lowest BCUT2D eigenvalue weighted by molar-refractivity contribution is 0.0954. The second-order valence-electron chi connectivity index (χ2n) is 8.57. The van der Waals surface area contributed by atoms with Crippen molar-refractivity contribution in [2.45, 2.75) is 73.3 Å². The first-order valence-corrected chi connectivity index (χ1v) is 15.9. The second-order valence-corrected chi connectivity index (χ2v) is 11.9. The van der Waals surface area contributed by atoms with Crippen LogP contribution in [-0.4, -0.2) is 47.9 Å². The molecule has 0 saturated heterocycles. The molecule has 0 fully saturated rings. The van der Waals surface area contributed by atoms with E-state index in [9.17, 15) is 9.59 Å². The molecule has 13 heteroatoms. The number of ether oxygens (including phenoxy) is 3. The number of aromatic nitrogens is 2. The summed E-state index contributed by atoms with van der Waals surface area (Å²) in [4.78, 5) is 33.8. The molecule has 3 heterocycles. The van der Waals surface area contributed by atoms with Crippen molar-refractivity contribution in [1.82, 2.24) is 14.9 Å². The van der Waals surface area contributed by atoms with Crippen LogP contribution in [0.25, 0.3) is 10.2 Å². The minimum absolute atomic E-state index is 0.0731. The zero-order chi connectivity index (χ0) is 29.5. The van der Waals surface area contributed by atoms with Crippen molar-refractivity contribution < 1.29 is 19.0 Å². The minimum atomic E-state index is -0.186. The molecule has 0 aliphatic carbocycles. The van der Waals surface area contributed by atoms with Crippen LogP contribution in [0.2, 0.25) is 8.67 Å². The maximum absolute atomic E-state index is 12.3. The number of rotatable bonds is 13. The zero-order valence-electron chi connectivity index (χ0n) is 23.7. The van der Waals surface area contributed by atoms with Gasteiger partial charge in [0.15, 0.2) is 0 Å². The average Bonchev–Trinajstić information content (AvgIpc) is 3.50. The molecule has 9 nitrogen and oxygen atoms in total. The summed E-state index contributed by atoms with van der Waals surface area (Å²) in [7, 11) is 0. The Morgan fingerprint density at radius 2 is 1.60 bits per heavy atom. The lowest BCUT2D eigenvalue weighted by Crippen LogP contribution is -2.23. The van der Waals surface area contributed by atoms with E-state index in [2.05, 4.69) is 15.3 Å². The highest BCUT2D eigenvalue weighted by Gasteiger charge is 2.17. The number of amides is 1. The van der Waals surface area contributed by atoms with Crippen LogP contribution in [-0.2, 0) is 16.0 Å². The van der Waals surface area contributed by atoms with Crippen molar-refractivity contribution in [3.8, 4) is 6.01 Å². The van der Waals surface area contributed by atoms with Gasteiger partial charge < -0.3 is 19.5 Å². The van der Waals surface area contributed by atoms with E-state index in [4.69, 9.17) is 37.4 Å². The SMILES string of the molecule is CCCNC(=O)c1cc(Cl)sc1N=C(OCCC)OCCC.CCCOc1nc2sc(Cl)cc2c(=O)n1CCC.